The van der Waals surface area contributed by atoms with Crippen LogP contribution in [-0.4, -0.2) is 5.11 Å². The molecule has 4 rings (SSSR count). The van der Waals surface area contributed by atoms with E-state index in [9.17, 15) is 5.11 Å². The van der Waals surface area contributed by atoms with Gasteiger partial charge in [-0.15, -0.1) is 0 Å². The van der Waals surface area contributed by atoms with Crippen molar-refractivity contribution in [3.05, 3.63) is 76.8 Å². The van der Waals surface area contributed by atoms with Gasteiger partial charge in [-0.2, -0.15) is 0 Å². The van der Waals surface area contributed by atoms with Crippen molar-refractivity contribution >= 4 is 22.4 Å². The Labute approximate surface area is 147 Å². The van der Waals surface area contributed by atoms with Gasteiger partial charge in [0.25, 0.3) is 0 Å². The molecule has 0 atom stereocenters. The molecule has 1 N–H and O–H groups in total. The zero-order chi connectivity index (χ0) is 16.5. The second-order valence-electron chi connectivity index (χ2n) is 6.86. The van der Waals surface area contributed by atoms with Gasteiger partial charge in [-0.05, 0) is 83.7 Å². The van der Waals surface area contributed by atoms with Crippen LogP contribution in [0.5, 0.6) is 5.75 Å². The average Bonchev–Trinajstić information content (AvgIpc) is 2.62. The normalized spacial score (nSPS) is 21.0. The molecule has 3 aromatic rings. The van der Waals surface area contributed by atoms with Gasteiger partial charge in [0.1, 0.15) is 5.75 Å². The standard InChI is InChI=1S/C22H21ClO/c23-20-11-9-16(10-12-20)15-5-7-17(8-6-15)21-13-18-3-1-2-4-19(18)14-22(21)24/h1-4,9-15,17,24H,5-8H2. The Morgan fingerprint density at radius 3 is 2.00 bits per heavy atom. The molecule has 0 amide bonds. The number of phenolic OH excluding ortho intramolecular Hbond substituents is 1. The molecule has 0 radical (unpaired) electrons. The molecule has 0 aromatic heterocycles. The van der Waals surface area contributed by atoms with Gasteiger partial charge in [0.05, 0.1) is 0 Å². The number of rotatable bonds is 2. The van der Waals surface area contributed by atoms with Gasteiger partial charge in [-0.1, -0.05) is 48.0 Å². The highest BCUT2D eigenvalue weighted by Crippen LogP contribution is 2.43. The molecular weight excluding hydrogens is 316 g/mol. The minimum Gasteiger partial charge on any atom is -0.508 e. The molecule has 0 heterocycles. The third kappa shape index (κ3) is 3.01. The second kappa shape index (κ2) is 6.49. The fourth-order valence-electron chi connectivity index (χ4n) is 4.05. The molecule has 1 saturated carbocycles. The summed E-state index contributed by atoms with van der Waals surface area (Å²) in [5.41, 5.74) is 2.50. The van der Waals surface area contributed by atoms with Crippen molar-refractivity contribution in [3.63, 3.8) is 0 Å². The highest BCUT2D eigenvalue weighted by atomic mass is 35.5. The van der Waals surface area contributed by atoms with Gasteiger partial charge in [0, 0.05) is 5.02 Å². The van der Waals surface area contributed by atoms with Crippen molar-refractivity contribution in [2.75, 3.05) is 0 Å². The summed E-state index contributed by atoms with van der Waals surface area (Å²) in [6, 6.07) is 20.6. The first-order valence-electron chi connectivity index (χ1n) is 8.68. The Morgan fingerprint density at radius 2 is 1.33 bits per heavy atom. The topological polar surface area (TPSA) is 20.2 Å². The number of hydrogen-bond acceptors (Lipinski definition) is 1. The van der Waals surface area contributed by atoms with Crippen LogP contribution in [-0.2, 0) is 0 Å². The number of fused-ring (bicyclic) bond motifs is 1. The fourth-order valence-corrected chi connectivity index (χ4v) is 4.17. The minimum atomic E-state index is 0.448. The number of phenols is 1. The molecule has 122 valence electrons. The SMILES string of the molecule is Oc1cc2ccccc2cc1C1CCC(c2ccc(Cl)cc2)CC1. The van der Waals surface area contributed by atoms with Crippen molar-refractivity contribution < 1.29 is 5.11 Å². The van der Waals surface area contributed by atoms with Gasteiger partial charge in [0.2, 0.25) is 0 Å². The highest BCUT2D eigenvalue weighted by molar-refractivity contribution is 6.30. The lowest BCUT2D eigenvalue weighted by atomic mass is 9.76. The van der Waals surface area contributed by atoms with E-state index in [1.165, 1.54) is 23.8 Å². The molecule has 0 unspecified atom stereocenters. The molecule has 1 fully saturated rings. The van der Waals surface area contributed by atoms with Crippen LogP contribution in [0, 0.1) is 0 Å². The van der Waals surface area contributed by atoms with E-state index in [-0.39, 0.29) is 0 Å². The van der Waals surface area contributed by atoms with Crippen LogP contribution >= 0.6 is 11.6 Å². The van der Waals surface area contributed by atoms with E-state index in [1.54, 1.807) is 0 Å². The van der Waals surface area contributed by atoms with Gasteiger partial charge in [-0.25, -0.2) is 0 Å². The summed E-state index contributed by atoms with van der Waals surface area (Å²) in [7, 11) is 0. The number of hydrogen-bond donors (Lipinski definition) is 1. The Kier molecular flexibility index (Phi) is 4.20. The van der Waals surface area contributed by atoms with Crippen LogP contribution in [0.15, 0.2) is 60.7 Å². The van der Waals surface area contributed by atoms with Crippen LogP contribution in [0.4, 0.5) is 0 Å². The average molecular weight is 337 g/mol. The fraction of sp³-hybridized carbons (Fsp3) is 0.273. The lowest BCUT2D eigenvalue weighted by Gasteiger charge is -2.29. The molecule has 1 aliphatic carbocycles. The number of halogens is 1. The van der Waals surface area contributed by atoms with Crippen LogP contribution < -0.4 is 0 Å². The molecule has 2 heteroatoms. The van der Waals surface area contributed by atoms with Crippen molar-refractivity contribution in [2.24, 2.45) is 0 Å². The summed E-state index contributed by atoms with van der Waals surface area (Å²) in [5, 5.41) is 13.6. The highest BCUT2D eigenvalue weighted by Gasteiger charge is 2.25. The van der Waals surface area contributed by atoms with Gasteiger partial charge < -0.3 is 5.11 Å². The second-order valence-corrected chi connectivity index (χ2v) is 7.29. The van der Waals surface area contributed by atoms with Crippen molar-refractivity contribution in [2.45, 2.75) is 37.5 Å². The van der Waals surface area contributed by atoms with Gasteiger partial charge >= 0.3 is 0 Å². The van der Waals surface area contributed by atoms with Crippen LogP contribution in [0.1, 0.15) is 48.6 Å². The first-order valence-corrected chi connectivity index (χ1v) is 9.05. The molecule has 0 aliphatic heterocycles. The summed E-state index contributed by atoms with van der Waals surface area (Å²) in [4.78, 5) is 0. The van der Waals surface area contributed by atoms with Crippen LogP contribution in [0.3, 0.4) is 0 Å². The summed E-state index contributed by atoms with van der Waals surface area (Å²) in [6.45, 7) is 0. The van der Waals surface area contributed by atoms with Crippen molar-refractivity contribution in [1.82, 2.24) is 0 Å². The molecular formula is C22H21ClO. The monoisotopic (exact) mass is 336 g/mol. The zero-order valence-corrected chi connectivity index (χ0v) is 14.3. The maximum Gasteiger partial charge on any atom is 0.119 e. The van der Waals surface area contributed by atoms with E-state index < -0.39 is 0 Å². The summed E-state index contributed by atoms with van der Waals surface area (Å²) in [5.74, 6) is 1.52. The Hall–Kier alpha value is -1.99. The molecule has 24 heavy (non-hydrogen) atoms. The lowest BCUT2D eigenvalue weighted by Crippen LogP contribution is -2.12. The molecule has 0 saturated heterocycles. The van der Waals surface area contributed by atoms with Gasteiger partial charge in [0.15, 0.2) is 0 Å². The third-order valence-corrected chi connectivity index (χ3v) is 5.66. The van der Waals surface area contributed by atoms with Crippen molar-refractivity contribution in [1.29, 1.82) is 0 Å². The largest absolute Gasteiger partial charge is 0.508 e. The Balaban J connectivity index is 1.53. The van der Waals surface area contributed by atoms with E-state index in [2.05, 4.69) is 36.4 Å². The van der Waals surface area contributed by atoms with Gasteiger partial charge in [-0.3, -0.25) is 0 Å². The van der Waals surface area contributed by atoms with Crippen molar-refractivity contribution in [3.8, 4) is 5.75 Å². The summed E-state index contributed by atoms with van der Waals surface area (Å²) in [6.07, 6.45) is 4.58. The maximum absolute atomic E-state index is 10.5. The molecule has 1 nitrogen and oxygen atoms in total. The van der Waals surface area contributed by atoms with Crippen LogP contribution in [0.2, 0.25) is 5.02 Å². The number of benzene rings is 3. The third-order valence-electron chi connectivity index (χ3n) is 5.40. The number of aromatic hydroxyl groups is 1. The molecule has 0 spiro atoms. The summed E-state index contributed by atoms with van der Waals surface area (Å²) < 4.78 is 0. The zero-order valence-electron chi connectivity index (χ0n) is 13.6. The van der Waals surface area contributed by atoms with E-state index >= 15 is 0 Å². The Morgan fingerprint density at radius 1 is 0.750 bits per heavy atom. The molecule has 0 bridgehead atoms. The van der Waals surface area contributed by atoms with E-state index in [4.69, 9.17) is 11.6 Å². The predicted molar refractivity (Wildman–Crippen MR) is 101 cm³/mol. The first-order chi connectivity index (χ1) is 11.7. The lowest BCUT2D eigenvalue weighted by molar-refractivity contribution is 0.382. The summed E-state index contributed by atoms with van der Waals surface area (Å²) >= 11 is 5.99. The minimum absolute atomic E-state index is 0.448. The molecule has 3 aromatic carbocycles. The smallest absolute Gasteiger partial charge is 0.119 e. The van der Waals surface area contributed by atoms with E-state index in [1.807, 2.05) is 24.3 Å². The predicted octanol–water partition coefficient (Wildman–Crippen LogP) is 6.64. The molecule has 1 aliphatic rings. The van der Waals surface area contributed by atoms with E-state index in [0.717, 1.165) is 28.8 Å². The quantitative estimate of drug-likeness (QED) is 0.556. The first kappa shape index (κ1) is 15.5. The van der Waals surface area contributed by atoms with Crippen LogP contribution in [0.25, 0.3) is 10.8 Å². The maximum atomic E-state index is 10.5. The van der Waals surface area contributed by atoms with E-state index in [0.29, 0.717) is 17.6 Å². The Bertz CT molecular complexity index is 845.